The van der Waals surface area contributed by atoms with E-state index in [1.54, 1.807) is 17.7 Å². The number of allylic oxidation sites excluding steroid dienone is 1. The first-order valence-corrected chi connectivity index (χ1v) is 12.6. The van der Waals surface area contributed by atoms with Gasteiger partial charge in [0.2, 0.25) is 6.79 Å². The highest BCUT2D eigenvalue weighted by Gasteiger charge is 2.37. The van der Waals surface area contributed by atoms with Gasteiger partial charge in [0.15, 0.2) is 16.6 Å². The van der Waals surface area contributed by atoms with E-state index in [4.69, 9.17) is 21.7 Å². The van der Waals surface area contributed by atoms with E-state index in [1.165, 1.54) is 4.88 Å². The highest BCUT2D eigenvalue weighted by Crippen LogP contribution is 2.45. The molecule has 1 atom stereocenters. The minimum absolute atomic E-state index is 0.134. The average molecular weight is 539 g/mol. The number of imidazole rings is 1. The first kappa shape index (κ1) is 20.7. The zero-order chi connectivity index (χ0) is 22.4. The molecular formula is C24H19BrN4O2S2. The maximum Gasteiger partial charge on any atom is 0.231 e. The second-order valence-electron chi connectivity index (χ2n) is 7.81. The zero-order valence-electron chi connectivity index (χ0n) is 17.4. The van der Waals surface area contributed by atoms with Gasteiger partial charge < -0.3 is 24.7 Å². The van der Waals surface area contributed by atoms with Gasteiger partial charge in [0.25, 0.3) is 0 Å². The lowest BCUT2D eigenvalue weighted by Crippen LogP contribution is -2.29. The van der Waals surface area contributed by atoms with Crippen molar-refractivity contribution >= 4 is 61.3 Å². The predicted molar refractivity (Wildman–Crippen MR) is 138 cm³/mol. The van der Waals surface area contributed by atoms with Crippen LogP contribution in [0.2, 0.25) is 0 Å². The third kappa shape index (κ3) is 3.80. The van der Waals surface area contributed by atoms with E-state index in [0.29, 0.717) is 5.11 Å². The number of thiocarbonyl (C=S) groups is 1. The predicted octanol–water partition coefficient (Wildman–Crippen LogP) is 6.07. The van der Waals surface area contributed by atoms with Crippen LogP contribution in [0.4, 0.5) is 5.69 Å². The van der Waals surface area contributed by atoms with Crippen molar-refractivity contribution < 1.29 is 9.47 Å². The van der Waals surface area contributed by atoms with Gasteiger partial charge in [0.05, 0.1) is 17.4 Å². The molecule has 9 heteroatoms. The van der Waals surface area contributed by atoms with Gasteiger partial charge in [-0.1, -0.05) is 28.1 Å². The van der Waals surface area contributed by atoms with Crippen molar-refractivity contribution in [2.75, 3.05) is 11.7 Å². The Balaban J connectivity index is 1.43. The van der Waals surface area contributed by atoms with E-state index in [1.807, 2.05) is 18.2 Å². The summed E-state index contributed by atoms with van der Waals surface area (Å²) in [6.07, 6.45) is 5.86. The molecule has 2 N–H and O–H groups in total. The van der Waals surface area contributed by atoms with Crippen LogP contribution < -0.4 is 19.7 Å². The lowest BCUT2D eigenvalue weighted by Gasteiger charge is -2.26. The first-order chi connectivity index (χ1) is 16.2. The summed E-state index contributed by atoms with van der Waals surface area (Å²) in [5, 5.41) is 6.25. The van der Waals surface area contributed by atoms with Crippen LogP contribution in [0.3, 0.4) is 0 Å². The molecule has 0 spiro atoms. The molecule has 0 bridgehead atoms. The van der Waals surface area contributed by atoms with Crippen LogP contribution in [0.5, 0.6) is 11.5 Å². The molecule has 4 aromatic rings. The Morgan fingerprint density at radius 2 is 2.09 bits per heavy atom. The number of aromatic amines is 1. The lowest BCUT2D eigenvalue weighted by atomic mass is 10.0. The largest absolute Gasteiger partial charge is 0.454 e. The summed E-state index contributed by atoms with van der Waals surface area (Å²) in [7, 11) is 0. The Bertz CT molecular complexity index is 1380. The number of fused-ring (bicyclic) bond motifs is 2. The van der Waals surface area contributed by atoms with Gasteiger partial charge in [0, 0.05) is 20.7 Å². The zero-order valence-corrected chi connectivity index (χ0v) is 20.6. The van der Waals surface area contributed by atoms with Gasteiger partial charge >= 0.3 is 0 Å². The van der Waals surface area contributed by atoms with Gasteiger partial charge in [-0.15, -0.1) is 11.3 Å². The highest BCUT2D eigenvalue weighted by atomic mass is 79.9. The topological polar surface area (TPSA) is 62.4 Å². The van der Waals surface area contributed by atoms with Gasteiger partial charge in [-0.25, -0.2) is 4.98 Å². The van der Waals surface area contributed by atoms with Crippen LogP contribution in [0.15, 0.2) is 70.4 Å². The number of H-pyrrole nitrogens is 1. The number of aromatic nitrogens is 2. The number of thiophene rings is 1. The normalized spacial score (nSPS) is 18.5. The molecule has 166 valence electrons. The Morgan fingerprint density at radius 1 is 1.21 bits per heavy atom. The third-order valence-electron chi connectivity index (χ3n) is 5.83. The van der Waals surface area contributed by atoms with Crippen LogP contribution in [-0.2, 0) is 6.42 Å². The molecule has 2 aliphatic rings. The van der Waals surface area contributed by atoms with Crippen molar-refractivity contribution in [2.45, 2.75) is 18.9 Å². The molecule has 1 fully saturated rings. The maximum atomic E-state index is 5.83. The summed E-state index contributed by atoms with van der Waals surface area (Å²) < 4.78 is 12.2. The minimum Gasteiger partial charge on any atom is -0.454 e. The quantitative estimate of drug-likeness (QED) is 0.301. The van der Waals surface area contributed by atoms with E-state index in [-0.39, 0.29) is 12.8 Å². The second-order valence-corrected chi connectivity index (χ2v) is 10.1. The van der Waals surface area contributed by atoms with E-state index >= 15 is 0 Å². The van der Waals surface area contributed by atoms with Crippen molar-refractivity contribution in [3.05, 3.63) is 80.9 Å². The fraction of sp³-hybridized carbons (Fsp3) is 0.167. The van der Waals surface area contributed by atoms with Crippen LogP contribution in [-0.4, -0.2) is 21.9 Å². The summed E-state index contributed by atoms with van der Waals surface area (Å²) in [5.41, 5.74) is 4.98. The van der Waals surface area contributed by atoms with Crippen molar-refractivity contribution in [1.82, 2.24) is 15.3 Å². The first-order valence-electron chi connectivity index (χ1n) is 10.5. The number of nitrogens with zero attached hydrogens (tertiary/aromatic N) is 2. The Morgan fingerprint density at radius 3 is 2.94 bits per heavy atom. The number of aryl methyl sites for hydroxylation is 1. The fourth-order valence-electron chi connectivity index (χ4n) is 4.28. The summed E-state index contributed by atoms with van der Waals surface area (Å²) >= 11 is 11.4. The third-order valence-corrected chi connectivity index (χ3v) is 7.75. The van der Waals surface area contributed by atoms with Crippen molar-refractivity contribution in [1.29, 1.82) is 0 Å². The van der Waals surface area contributed by atoms with E-state index in [0.717, 1.165) is 56.8 Å². The maximum absolute atomic E-state index is 5.83. The van der Waals surface area contributed by atoms with E-state index in [9.17, 15) is 0 Å². The number of hydrogen-bond donors (Lipinski definition) is 2. The Hall–Kier alpha value is -2.88. The monoisotopic (exact) mass is 538 g/mol. The average Bonchev–Trinajstić information content (AvgIpc) is 3.60. The van der Waals surface area contributed by atoms with Crippen molar-refractivity contribution in [3.63, 3.8) is 0 Å². The Labute approximate surface area is 208 Å². The molecule has 2 aliphatic heterocycles. The van der Waals surface area contributed by atoms with Crippen LogP contribution in [0.25, 0.3) is 11.0 Å². The molecule has 2 aromatic carbocycles. The number of nitrogens with one attached hydrogen (secondary N) is 2. The number of hydrogen-bond acceptors (Lipinski definition) is 5. The van der Waals surface area contributed by atoms with Crippen LogP contribution in [0, 0.1) is 0 Å². The van der Waals surface area contributed by atoms with Crippen molar-refractivity contribution in [3.8, 4) is 11.5 Å². The summed E-state index contributed by atoms with van der Waals surface area (Å²) in [6.45, 7) is 0.232. The number of ether oxygens (including phenoxy) is 2. The highest BCUT2D eigenvalue weighted by molar-refractivity contribution is 9.10. The van der Waals surface area contributed by atoms with E-state index < -0.39 is 0 Å². The van der Waals surface area contributed by atoms with Gasteiger partial charge in [-0.3, -0.25) is 0 Å². The molecule has 6 rings (SSSR count). The fourth-order valence-corrected chi connectivity index (χ4v) is 5.88. The standard InChI is InChI=1S/C24H19BrN4O2S2/c25-17-11-22-21(30-13-31-22)10-16(17)23-19(5-1-3-15-4-2-8-33-15)28-24(32)29(23)14-6-7-18-20(9-14)27-12-26-18/h2,4-12,23H,1,3,13H2,(H,26,27)(H,28,32)/b19-5+. The van der Waals surface area contributed by atoms with Crippen LogP contribution >= 0.6 is 39.5 Å². The molecular weight excluding hydrogens is 520 g/mol. The molecule has 0 saturated carbocycles. The number of benzene rings is 2. The van der Waals surface area contributed by atoms with Crippen molar-refractivity contribution in [2.24, 2.45) is 0 Å². The number of rotatable bonds is 5. The smallest absolute Gasteiger partial charge is 0.231 e. The Kier molecular flexibility index (Phi) is 5.32. The molecule has 0 amide bonds. The molecule has 6 nitrogen and oxygen atoms in total. The molecule has 4 heterocycles. The minimum atomic E-state index is -0.134. The molecule has 2 aromatic heterocycles. The molecule has 1 unspecified atom stereocenters. The molecule has 33 heavy (non-hydrogen) atoms. The van der Waals surface area contributed by atoms with Gasteiger partial charge in [-0.2, -0.15) is 0 Å². The van der Waals surface area contributed by atoms with Gasteiger partial charge in [-0.05, 0) is 72.4 Å². The van der Waals surface area contributed by atoms with Crippen LogP contribution in [0.1, 0.15) is 22.9 Å². The van der Waals surface area contributed by atoms with Gasteiger partial charge in [0.1, 0.15) is 6.04 Å². The lowest BCUT2D eigenvalue weighted by molar-refractivity contribution is 0.174. The SMILES string of the molecule is S=C1N/C(=C/CCc2cccs2)C(c2cc3c(cc2Br)OCO3)N1c1ccc2nc[nH]c2c1. The summed E-state index contributed by atoms with van der Waals surface area (Å²) in [4.78, 5) is 11.1. The van der Waals surface area contributed by atoms with E-state index in [2.05, 4.69) is 71.8 Å². The molecule has 0 aliphatic carbocycles. The molecule has 0 radical (unpaired) electrons. The number of anilines is 1. The molecule has 1 saturated heterocycles. The summed E-state index contributed by atoms with van der Waals surface area (Å²) in [5.74, 6) is 1.49. The number of halogens is 1. The second kappa shape index (κ2) is 8.48. The summed E-state index contributed by atoms with van der Waals surface area (Å²) in [6, 6.07) is 14.3.